The molecule has 1 aromatic heterocycles. The zero-order valence-electron chi connectivity index (χ0n) is 11.1. The number of aromatic nitrogens is 2. The van der Waals surface area contributed by atoms with Crippen LogP contribution >= 0.6 is 0 Å². The molecule has 0 radical (unpaired) electrons. The van der Waals surface area contributed by atoms with Gasteiger partial charge < -0.3 is 21.1 Å². The van der Waals surface area contributed by atoms with Crippen LogP contribution in [0.15, 0.2) is 6.07 Å². The third kappa shape index (κ3) is 3.56. The van der Waals surface area contributed by atoms with Gasteiger partial charge in [0.25, 0.3) is 0 Å². The first-order valence-corrected chi connectivity index (χ1v) is 5.52. The van der Waals surface area contributed by atoms with E-state index in [2.05, 4.69) is 20.6 Å². The molecule has 0 saturated heterocycles. The van der Waals surface area contributed by atoms with Gasteiger partial charge in [-0.1, -0.05) is 0 Å². The number of amides is 1. The molecule has 7 heteroatoms. The molecule has 0 spiro atoms. The summed E-state index contributed by atoms with van der Waals surface area (Å²) >= 11 is 0. The van der Waals surface area contributed by atoms with Gasteiger partial charge in [0.05, 0.1) is 0 Å². The van der Waals surface area contributed by atoms with E-state index < -0.39 is 11.4 Å². The van der Waals surface area contributed by atoms with E-state index >= 15 is 0 Å². The number of methoxy groups -OCH3 is 1. The summed E-state index contributed by atoms with van der Waals surface area (Å²) in [5, 5.41) is 5.89. The van der Waals surface area contributed by atoms with Crippen LogP contribution < -0.4 is 16.4 Å². The number of nitrogens with one attached hydrogen (secondary N) is 2. The standard InChI is InChI=1S/C11H19N5O2/c1-11(2,10(12)17)16-8-5-7(13-3)14-9(15-8)6-18-4/h5H,6H2,1-4H3,(H2,12,17)(H2,13,14,15,16). The Labute approximate surface area is 106 Å². The maximum atomic E-state index is 11.3. The van der Waals surface area contributed by atoms with Crippen molar-refractivity contribution in [3.63, 3.8) is 0 Å². The van der Waals surface area contributed by atoms with Crippen LogP contribution in [0.2, 0.25) is 0 Å². The number of hydrogen-bond donors (Lipinski definition) is 3. The van der Waals surface area contributed by atoms with E-state index in [9.17, 15) is 4.79 Å². The number of nitrogens with two attached hydrogens (primary N) is 1. The maximum Gasteiger partial charge on any atom is 0.242 e. The number of anilines is 2. The molecule has 100 valence electrons. The number of hydrogen-bond acceptors (Lipinski definition) is 6. The van der Waals surface area contributed by atoms with Gasteiger partial charge in [-0.25, -0.2) is 9.97 Å². The van der Waals surface area contributed by atoms with Crippen molar-refractivity contribution in [2.24, 2.45) is 5.73 Å². The summed E-state index contributed by atoms with van der Waals surface area (Å²) in [6.45, 7) is 3.67. The normalized spacial score (nSPS) is 11.1. The highest BCUT2D eigenvalue weighted by molar-refractivity contribution is 5.86. The molecule has 0 aromatic carbocycles. The Bertz CT molecular complexity index is 433. The van der Waals surface area contributed by atoms with E-state index in [1.165, 1.54) is 0 Å². The molecule has 0 aliphatic carbocycles. The molecule has 0 aliphatic heterocycles. The molecular weight excluding hydrogens is 234 g/mol. The lowest BCUT2D eigenvalue weighted by Gasteiger charge is -2.23. The number of rotatable bonds is 6. The average molecular weight is 253 g/mol. The van der Waals surface area contributed by atoms with Crippen molar-refractivity contribution in [2.45, 2.75) is 26.0 Å². The molecular formula is C11H19N5O2. The predicted molar refractivity (Wildman–Crippen MR) is 69.2 cm³/mol. The summed E-state index contributed by atoms with van der Waals surface area (Å²) in [7, 11) is 3.32. The van der Waals surface area contributed by atoms with E-state index in [1.807, 2.05) is 0 Å². The molecule has 1 rings (SSSR count). The van der Waals surface area contributed by atoms with Gasteiger partial charge in [-0.15, -0.1) is 0 Å². The summed E-state index contributed by atoms with van der Waals surface area (Å²) in [5.41, 5.74) is 4.41. The van der Waals surface area contributed by atoms with Crippen molar-refractivity contribution in [3.8, 4) is 0 Å². The second-order valence-electron chi connectivity index (χ2n) is 4.35. The first-order chi connectivity index (χ1) is 8.39. The maximum absolute atomic E-state index is 11.3. The highest BCUT2D eigenvalue weighted by atomic mass is 16.5. The van der Waals surface area contributed by atoms with E-state index in [-0.39, 0.29) is 0 Å². The molecule has 0 atom stereocenters. The van der Waals surface area contributed by atoms with Crippen LogP contribution in [0.25, 0.3) is 0 Å². The molecule has 7 nitrogen and oxygen atoms in total. The highest BCUT2D eigenvalue weighted by Crippen LogP contribution is 2.16. The van der Waals surface area contributed by atoms with Gasteiger partial charge in [0.1, 0.15) is 23.8 Å². The van der Waals surface area contributed by atoms with Crippen molar-refractivity contribution in [1.29, 1.82) is 0 Å². The number of carbonyl (C=O) groups is 1. The Hall–Kier alpha value is -1.89. The Morgan fingerprint density at radius 1 is 1.44 bits per heavy atom. The fraction of sp³-hybridized carbons (Fsp3) is 0.545. The van der Waals surface area contributed by atoms with Crippen LogP contribution in [-0.4, -0.2) is 35.6 Å². The molecule has 1 amide bonds. The third-order valence-corrected chi connectivity index (χ3v) is 2.36. The Balaban J connectivity index is 3.01. The third-order valence-electron chi connectivity index (χ3n) is 2.36. The van der Waals surface area contributed by atoms with E-state index in [0.717, 1.165) is 0 Å². The fourth-order valence-electron chi connectivity index (χ4n) is 1.26. The molecule has 0 saturated carbocycles. The van der Waals surface area contributed by atoms with Gasteiger partial charge in [0.2, 0.25) is 5.91 Å². The van der Waals surface area contributed by atoms with Crippen molar-refractivity contribution >= 4 is 17.5 Å². The van der Waals surface area contributed by atoms with Crippen LogP contribution in [0.3, 0.4) is 0 Å². The zero-order valence-corrected chi connectivity index (χ0v) is 11.1. The SMILES string of the molecule is CNc1cc(NC(C)(C)C(N)=O)nc(COC)n1. The summed E-state index contributed by atoms with van der Waals surface area (Å²) in [6.07, 6.45) is 0. The zero-order chi connectivity index (χ0) is 13.8. The molecule has 18 heavy (non-hydrogen) atoms. The van der Waals surface area contributed by atoms with Gasteiger partial charge in [0, 0.05) is 20.2 Å². The average Bonchev–Trinajstić information content (AvgIpc) is 2.28. The molecule has 1 aromatic rings. The molecule has 4 N–H and O–H groups in total. The minimum atomic E-state index is -0.885. The molecule has 0 aliphatic rings. The quantitative estimate of drug-likeness (QED) is 0.675. The first-order valence-electron chi connectivity index (χ1n) is 5.52. The van der Waals surface area contributed by atoms with Crippen molar-refractivity contribution in [2.75, 3.05) is 24.8 Å². The second-order valence-corrected chi connectivity index (χ2v) is 4.35. The largest absolute Gasteiger partial charge is 0.377 e. The highest BCUT2D eigenvalue weighted by Gasteiger charge is 2.25. The van der Waals surface area contributed by atoms with E-state index in [0.29, 0.717) is 24.1 Å². The lowest BCUT2D eigenvalue weighted by molar-refractivity contribution is -0.121. The molecule has 1 heterocycles. The van der Waals surface area contributed by atoms with Gasteiger partial charge in [-0.3, -0.25) is 4.79 Å². The Morgan fingerprint density at radius 3 is 2.56 bits per heavy atom. The lowest BCUT2D eigenvalue weighted by Crippen LogP contribution is -2.45. The van der Waals surface area contributed by atoms with Crippen LogP contribution in [0.1, 0.15) is 19.7 Å². The van der Waals surface area contributed by atoms with Crippen LogP contribution in [-0.2, 0) is 16.1 Å². The predicted octanol–water partition coefficient (Wildman–Crippen LogP) is 0.340. The van der Waals surface area contributed by atoms with E-state index in [4.69, 9.17) is 10.5 Å². The van der Waals surface area contributed by atoms with Gasteiger partial charge >= 0.3 is 0 Å². The van der Waals surface area contributed by atoms with Crippen molar-refractivity contribution in [1.82, 2.24) is 9.97 Å². The summed E-state index contributed by atoms with van der Waals surface area (Å²) in [5.74, 6) is 1.22. The topological polar surface area (TPSA) is 102 Å². The lowest BCUT2D eigenvalue weighted by atomic mass is 10.1. The number of carbonyl (C=O) groups excluding carboxylic acids is 1. The van der Waals surface area contributed by atoms with Crippen LogP contribution in [0.4, 0.5) is 11.6 Å². The number of nitrogens with zero attached hydrogens (tertiary/aromatic N) is 2. The summed E-state index contributed by atoms with van der Waals surface area (Å²) < 4.78 is 4.99. The van der Waals surface area contributed by atoms with Crippen LogP contribution in [0, 0.1) is 0 Å². The van der Waals surface area contributed by atoms with Gasteiger partial charge in [0.15, 0.2) is 5.82 Å². The van der Waals surface area contributed by atoms with Gasteiger partial charge in [-0.05, 0) is 13.8 Å². The second kappa shape index (κ2) is 5.63. The minimum absolute atomic E-state index is 0.293. The molecule has 0 bridgehead atoms. The first kappa shape index (κ1) is 14.2. The Kier molecular flexibility index (Phi) is 4.43. The van der Waals surface area contributed by atoms with Crippen LogP contribution in [0.5, 0.6) is 0 Å². The van der Waals surface area contributed by atoms with Crippen molar-refractivity contribution < 1.29 is 9.53 Å². The molecule has 0 fully saturated rings. The minimum Gasteiger partial charge on any atom is -0.377 e. The monoisotopic (exact) mass is 253 g/mol. The summed E-state index contributed by atoms with van der Waals surface area (Å²) in [6, 6.07) is 1.70. The smallest absolute Gasteiger partial charge is 0.242 e. The number of ether oxygens (including phenoxy) is 1. The summed E-state index contributed by atoms with van der Waals surface area (Å²) in [4.78, 5) is 19.7. The van der Waals surface area contributed by atoms with Gasteiger partial charge in [-0.2, -0.15) is 0 Å². The molecule has 0 unspecified atom stereocenters. The number of primary amides is 1. The fourth-order valence-corrected chi connectivity index (χ4v) is 1.26. The van der Waals surface area contributed by atoms with Crippen molar-refractivity contribution in [3.05, 3.63) is 11.9 Å². The van der Waals surface area contributed by atoms with E-state index in [1.54, 1.807) is 34.1 Å². The Morgan fingerprint density at radius 2 is 2.06 bits per heavy atom.